The van der Waals surface area contributed by atoms with Gasteiger partial charge in [0.2, 0.25) is 0 Å². The lowest BCUT2D eigenvalue weighted by Gasteiger charge is -2.09. The van der Waals surface area contributed by atoms with Crippen LogP contribution in [0.2, 0.25) is 0 Å². The van der Waals surface area contributed by atoms with Gasteiger partial charge in [0.05, 0.1) is 17.9 Å². The Morgan fingerprint density at radius 1 is 1.44 bits per heavy atom. The Morgan fingerprint density at radius 3 is 2.62 bits per heavy atom. The quantitative estimate of drug-likeness (QED) is 0.781. The Balaban J connectivity index is 2.31. The summed E-state index contributed by atoms with van der Waals surface area (Å²) in [6, 6.07) is 2.55. The molecule has 1 heterocycles. The van der Waals surface area contributed by atoms with Crippen molar-refractivity contribution in [3.05, 3.63) is 23.5 Å². The Bertz CT molecular complexity index is 446. The molecular weight excluding hydrogens is 221 g/mol. The van der Waals surface area contributed by atoms with E-state index in [4.69, 9.17) is 10.00 Å². The maximum absolute atomic E-state index is 12.4. The summed E-state index contributed by atoms with van der Waals surface area (Å²) in [7, 11) is 0. The van der Waals surface area contributed by atoms with Crippen molar-refractivity contribution in [2.24, 2.45) is 0 Å². The average Bonchev–Trinajstić information content (AvgIpc) is 3.00. The molecule has 0 atom stereocenters. The SMILES string of the molecule is N#Cc1cc(OC2CC2)cnc1C(F)(F)F. The molecule has 0 bridgehead atoms. The molecule has 0 amide bonds. The zero-order valence-electron chi connectivity index (χ0n) is 8.08. The number of nitriles is 1. The van der Waals surface area contributed by atoms with E-state index in [-0.39, 0.29) is 11.9 Å². The predicted molar refractivity (Wildman–Crippen MR) is 47.6 cm³/mol. The monoisotopic (exact) mass is 228 g/mol. The van der Waals surface area contributed by atoms with E-state index in [1.54, 1.807) is 0 Å². The molecule has 6 heteroatoms. The van der Waals surface area contributed by atoms with Gasteiger partial charge in [-0.15, -0.1) is 0 Å². The molecule has 2 rings (SSSR count). The molecule has 1 saturated carbocycles. The van der Waals surface area contributed by atoms with Gasteiger partial charge in [0.15, 0.2) is 5.69 Å². The molecule has 0 aromatic carbocycles. The summed E-state index contributed by atoms with van der Waals surface area (Å²) in [5, 5.41) is 8.61. The Labute approximate surface area is 89.5 Å². The van der Waals surface area contributed by atoms with Crippen LogP contribution in [0.4, 0.5) is 13.2 Å². The highest BCUT2D eigenvalue weighted by Crippen LogP contribution is 2.33. The van der Waals surface area contributed by atoms with Gasteiger partial charge < -0.3 is 4.74 Å². The van der Waals surface area contributed by atoms with Crippen molar-refractivity contribution in [2.45, 2.75) is 25.1 Å². The molecule has 0 saturated heterocycles. The molecule has 0 aliphatic heterocycles. The van der Waals surface area contributed by atoms with Crippen molar-refractivity contribution in [3.8, 4) is 11.8 Å². The van der Waals surface area contributed by atoms with Gasteiger partial charge in [0.25, 0.3) is 0 Å². The first-order valence-corrected chi connectivity index (χ1v) is 4.64. The van der Waals surface area contributed by atoms with Crippen LogP contribution in [0.3, 0.4) is 0 Å². The standard InChI is InChI=1S/C10H7F3N2O/c11-10(12,13)9-6(4-14)3-8(5-15-9)16-7-1-2-7/h3,5,7H,1-2H2. The number of aromatic nitrogens is 1. The smallest absolute Gasteiger partial charge is 0.434 e. The van der Waals surface area contributed by atoms with E-state index in [1.165, 1.54) is 6.07 Å². The highest BCUT2D eigenvalue weighted by Gasteiger charge is 2.36. The zero-order chi connectivity index (χ0) is 11.8. The summed E-state index contributed by atoms with van der Waals surface area (Å²) in [5.74, 6) is 0.215. The summed E-state index contributed by atoms with van der Waals surface area (Å²) >= 11 is 0. The van der Waals surface area contributed by atoms with Crippen molar-refractivity contribution in [2.75, 3.05) is 0 Å². The van der Waals surface area contributed by atoms with Crippen LogP contribution in [0.1, 0.15) is 24.1 Å². The van der Waals surface area contributed by atoms with Crippen LogP contribution in [0.25, 0.3) is 0 Å². The summed E-state index contributed by atoms with van der Waals surface area (Å²) in [4.78, 5) is 3.23. The minimum absolute atomic E-state index is 0.0603. The second-order valence-electron chi connectivity index (χ2n) is 3.49. The molecule has 1 aliphatic carbocycles. The Hall–Kier alpha value is -1.77. The van der Waals surface area contributed by atoms with E-state index in [0.717, 1.165) is 25.1 Å². The van der Waals surface area contributed by atoms with Crippen molar-refractivity contribution >= 4 is 0 Å². The highest BCUT2D eigenvalue weighted by atomic mass is 19.4. The van der Waals surface area contributed by atoms with Gasteiger partial charge in [-0.1, -0.05) is 0 Å². The van der Waals surface area contributed by atoms with Gasteiger partial charge in [-0.25, -0.2) is 4.98 Å². The molecule has 0 radical (unpaired) electrons. The normalized spacial score (nSPS) is 15.6. The molecule has 0 spiro atoms. The number of rotatable bonds is 2. The van der Waals surface area contributed by atoms with E-state index in [9.17, 15) is 13.2 Å². The van der Waals surface area contributed by atoms with E-state index in [1.807, 2.05) is 0 Å². The second-order valence-corrected chi connectivity index (χ2v) is 3.49. The third kappa shape index (κ3) is 2.24. The van der Waals surface area contributed by atoms with Gasteiger partial charge in [0, 0.05) is 6.07 Å². The maximum Gasteiger partial charge on any atom is 0.434 e. The summed E-state index contributed by atoms with van der Waals surface area (Å²) in [6.07, 6.45) is -1.76. The van der Waals surface area contributed by atoms with Crippen molar-refractivity contribution in [1.82, 2.24) is 4.98 Å². The first-order chi connectivity index (χ1) is 7.50. The zero-order valence-corrected chi connectivity index (χ0v) is 8.08. The first kappa shape index (κ1) is 10.7. The van der Waals surface area contributed by atoms with E-state index in [2.05, 4.69) is 4.98 Å². The lowest BCUT2D eigenvalue weighted by Crippen LogP contribution is -2.11. The minimum Gasteiger partial charge on any atom is -0.489 e. The van der Waals surface area contributed by atoms with Crippen LogP contribution in [-0.4, -0.2) is 11.1 Å². The lowest BCUT2D eigenvalue weighted by atomic mass is 10.2. The topological polar surface area (TPSA) is 45.9 Å². The number of pyridine rings is 1. The minimum atomic E-state index is -4.61. The molecule has 1 aromatic rings. The van der Waals surface area contributed by atoms with E-state index >= 15 is 0 Å². The molecular formula is C10H7F3N2O. The fourth-order valence-corrected chi connectivity index (χ4v) is 1.20. The maximum atomic E-state index is 12.4. The number of alkyl halides is 3. The van der Waals surface area contributed by atoms with Gasteiger partial charge in [0.1, 0.15) is 11.8 Å². The Morgan fingerprint density at radius 2 is 2.12 bits per heavy atom. The third-order valence-corrected chi connectivity index (χ3v) is 2.08. The molecule has 84 valence electrons. The van der Waals surface area contributed by atoms with Crippen LogP contribution in [0.5, 0.6) is 5.75 Å². The number of nitrogens with zero attached hydrogens (tertiary/aromatic N) is 2. The predicted octanol–water partition coefficient (Wildman–Crippen LogP) is 2.51. The second kappa shape index (κ2) is 3.67. The lowest BCUT2D eigenvalue weighted by molar-refractivity contribution is -0.141. The highest BCUT2D eigenvalue weighted by molar-refractivity contribution is 5.40. The summed E-state index contributed by atoms with van der Waals surface area (Å²) in [6.45, 7) is 0. The average molecular weight is 228 g/mol. The van der Waals surface area contributed by atoms with Gasteiger partial charge in [-0.2, -0.15) is 18.4 Å². The first-order valence-electron chi connectivity index (χ1n) is 4.64. The number of hydrogen-bond donors (Lipinski definition) is 0. The van der Waals surface area contributed by atoms with Gasteiger partial charge in [-0.3, -0.25) is 0 Å². The number of hydrogen-bond acceptors (Lipinski definition) is 3. The van der Waals surface area contributed by atoms with Crippen molar-refractivity contribution in [1.29, 1.82) is 5.26 Å². The van der Waals surface area contributed by atoms with Crippen LogP contribution in [0.15, 0.2) is 12.3 Å². The molecule has 0 N–H and O–H groups in total. The molecule has 1 fully saturated rings. The molecule has 16 heavy (non-hydrogen) atoms. The van der Waals surface area contributed by atoms with Crippen LogP contribution in [0, 0.1) is 11.3 Å². The summed E-state index contributed by atoms with van der Waals surface area (Å²) in [5.41, 5.74) is -1.68. The van der Waals surface area contributed by atoms with Crippen molar-refractivity contribution in [3.63, 3.8) is 0 Å². The van der Waals surface area contributed by atoms with Gasteiger partial charge in [-0.05, 0) is 12.8 Å². The van der Waals surface area contributed by atoms with E-state index in [0.29, 0.717) is 0 Å². The molecule has 1 aromatic heterocycles. The van der Waals surface area contributed by atoms with Crippen LogP contribution >= 0.6 is 0 Å². The van der Waals surface area contributed by atoms with Crippen LogP contribution < -0.4 is 4.74 Å². The van der Waals surface area contributed by atoms with E-state index < -0.39 is 17.4 Å². The largest absolute Gasteiger partial charge is 0.489 e. The number of halogens is 3. The molecule has 0 unspecified atom stereocenters. The van der Waals surface area contributed by atoms with Crippen molar-refractivity contribution < 1.29 is 17.9 Å². The van der Waals surface area contributed by atoms with Gasteiger partial charge >= 0.3 is 6.18 Å². The Kier molecular flexibility index (Phi) is 2.46. The number of ether oxygens (including phenoxy) is 1. The fraction of sp³-hybridized carbons (Fsp3) is 0.400. The third-order valence-electron chi connectivity index (χ3n) is 2.08. The molecule has 3 nitrogen and oxygen atoms in total. The molecule has 1 aliphatic rings. The van der Waals surface area contributed by atoms with Crippen LogP contribution in [-0.2, 0) is 6.18 Å². The summed E-state index contributed by atoms with van der Waals surface area (Å²) < 4.78 is 42.4. The fourth-order valence-electron chi connectivity index (χ4n) is 1.20.